The van der Waals surface area contributed by atoms with Gasteiger partial charge in [0.15, 0.2) is 5.69 Å². The van der Waals surface area contributed by atoms with Crippen molar-refractivity contribution in [1.82, 2.24) is 15.3 Å². The molecule has 140 valence electrons. The van der Waals surface area contributed by atoms with E-state index in [2.05, 4.69) is 61.7 Å². The highest BCUT2D eigenvalue weighted by Crippen LogP contribution is 2.38. The number of hydrogen-bond donors (Lipinski definition) is 0. The first kappa shape index (κ1) is 17.7. The number of aromatic nitrogens is 3. The van der Waals surface area contributed by atoms with Crippen LogP contribution in [0.2, 0.25) is 0 Å². The van der Waals surface area contributed by atoms with Gasteiger partial charge in [-0.15, -0.1) is 6.58 Å². The Morgan fingerprint density at radius 1 is 1.15 bits per heavy atom. The highest BCUT2D eigenvalue weighted by Gasteiger charge is 2.32. The second kappa shape index (κ2) is 6.48. The van der Waals surface area contributed by atoms with E-state index in [9.17, 15) is 0 Å². The summed E-state index contributed by atoms with van der Waals surface area (Å²) in [5.41, 5.74) is 6.70. The van der Waals surface area contributed by atoms with Crippen LogP contribution in [0.25, 0.3) is 23.0 Å². The fourth-order valence-corrected chi connectivity index (χ4v) is 3.92. The summed E-state index contributed by atoms with van der Waals surface area (Å²) in [6, 6.07) is 4.20. The van der Waals surface area contributed by atoms with E-state index in [1.165, 1.54) is 16.7 Å². The predicted molar refractivity (Wildman–Crippen MR) is 104 cm³/mol. The van der Waals surface area contributed by atoms with Crippen LogP contribution in [0.15, 0.2) is 33.8 Å². The molecule has 0 fully saturated rings. The standard InChI is InChI=1S/C22H25N3O2/c1-6-7-16-13(2)10-15(11-14(16)3)20-23-21(27-25-20)19-17-8-9-22(4,5)12-18(17)26-24-19/h6,10-11H,1,7-9,12H2,2-5H3. The lowest BCUT2D eigenvalue weighted by molar-refractivity contribution is 0.264. The molecule has 1 aliphatic rings. The molecule has 2 aromatic heterocycles. The molecule has 0 saturated heterocycles. The van der Waals surface area contributed by atoms with Gasteiger partial charge in [-0.2, -0.15) is 4.98 Å². The number of fused-ring (bicyclic) bond motifs is 1. The third-order valence-electron chi connectivity index (χ3n) is 5.49. The fourth-order valence-electron chi connectivity index (χ4n) is 3.92. The summed E-state index contributed by atoms with van der Waals surface area (Å²) in [7, 11) is 0. The Labute approximate surface area is 159 Å². The first-order chi connectivity index (χ1) is 12.9. The van der Waals surface area contributed by atoms with Crippen molar-refractivity contribution in [3.05, 3.63) is 52.8 Å². The van der Waals surface area contributed by atoms with Crippen molar-refractivity contribution in [3.8, 4) is 23.0 Å². The molecule has 0 saturated carbocycles. The smallest absolute Gasteiger partial charge is 0.280 e. The highest BCUT2D eigenvalue weighted by molar-refractivity contribution is 5.62. The van der Waals surface area contributed by atoms with Crippen molar-refractivity contribution < 1.29 is 9.05 Å². The first-order valence-electron chi connectivity index (χ1n) is 9.41. The summed E-state index contributed by atoms with van der Waals surface area (Å²) < 4.78 is 11.1. The Balaban J connectivity index is 1.68. The van der Waals surface area contributed by atoms with Gasteiger partial charge in [0.25, 0.3) is 5.89 Å². The van der Waals surface area contributed by atoms with Gasteiger partial charge in [0.2, 0.25) is 5.82 Å². The van der Waals surface area contributed by atoms with Crippen LogP contribution in [0, 0.1) is 19.3 Å². The summed E-state index contributed by atoms with van der Waals surface area (Å²) in [6.07, 6.45) is 5.69. The number of benzene rings is 1. The van der Waals surface area contributed by atoms with Crippen LogP contribution in [0.1, 0.15) is 48.3 Å². The molecule has 0 bridgehead atoms. The van der Waals surface area contributed by atoms with E-state index in [1.54, 1.807) is 0 Å². The third kappa shape index (κ3) is 3.22. The number of nitrogens with zero attached hydrogens (tertiary/aromatic N) is 3. The maximum absolute atomic E-state index is 5.59. The molecular weight excluding hydrogens is 338 g/mol. The molecule has 27 heavy (non-hydrogen) atoms. The largest absolute Gasteiger partial charge is 0.360 e. The van der Waals surface area contributed by atoms with Crippen LogP contribution in [0.5, 0.6) is 0 Å². The van der Waals surface area contributed by atoms with E-state index in [0.717, 1.165) is 42.6 Å². The minimum Gasteiger partial charge on any atom is -0.360 e. The molecule has 0 radical (unpaired) electrons. The van der Waals surface area contributed by atoms with Gasteiger partial charge in [-0.25, -0.2) is 0 Å². The minimum atomic E-state index is 0.242. The molecule has 0 spiro atoms. The van der Waals surface area contributed by atoms with Gasteiger partial charge in [-0.1, -0.05) is 30.2 Å². The van der Waals surface area contributed by atoms with E-state index in [4.69, 9.17) is 9.05 Å². The second-order valence-corrected chi connectivity index (χ2v) is 8.28. The Morgan fingerprint density at radius 2 is 1.89 bits per heavy atom. The van der Waals surface area contributed by atoms with Gasteiger partial charge in [0, 0.05) is 17.5 Å². The van der Waals surface area contributed by atoms with Crippen LogP contribution in [-0.2, 0) is 19.3 Å². The summed E-state index contributed by atoms with van der Waals surface area (Å²) in [6.45, 7) is 12.6. The van der Waals surface area contributed by atoms with Crippen molar-refractivity contribution in [2.24, 2.45) is 5.41 Å². The van der Waals surface area contributed by atoms with Crippen LogP contribution in [0.3, 0.4) is 0 Å². The van der Waals surface area contributed by atoms with E-state index < -0.39 is 0 Å². The second-order valence-electron chi connectivity index (χ2n) is 8.28. The Kier molecular flexibility index (Phi) is 4.25. The quantitative estimate of drug-likeness (QED) is 0.592. The van der Waals surface area contributed by atoms with Crippen molar-refractivity contribution in [2.45, 2.75) is 53.4 Å². The Bertz CT molecular complexity index is 987. The maximum atomic E-state index is 5.59. The molecule has 2 heterocycles. The summed E-state index contributed by atoms with van der Waals surface area (Å²) in [5, 5.41) is 8.42. The lowest BCUT2D eigenvalue weighted by atomic mass is 9.77. The topological polar surface area (TPSA) is 65.0 Å². The van der Waals surface area contributed by atoms with Gasteiger partial charge in [0.1, 0.15) is 5.76 Å². The molecule has 5 nitrogen and oxygen atoms in total. The van der Waals surface area contributed by atoms with Crippen LogP contribution < -0.4 is 0 Å². The maximum Gasteiger partial charge on any atom is 0.280 e. The van der Waals surface area contributed by atoms with E-state index >= 15 is 0 Å². The highest BCUT2D eigenvalue weighted by atomic mass is 16.5. The summed E-state index contributed by atoms with van der Waals surface area (Å²) in [5.74, 6) is 1.95. The number of allylic oxidation sites excluding steroid dienone is 1. The van der Waals surface area contributed by atoms with Crippen LogP contribution in [0.4, 0.5) is 0 Å². The van der Waals surface area contributed by atoms with E-state index in [0.29, 0.717) is 17.4 Å². The number of rotatable bonds is 4. The zero-order valence-corrected chi connectivity index (χ0v) is 16.4. The molecule has 3 aromatic rings. The fraction of sp³-hybridized carbons (Fsp3) is 0.409. The molecule has 0 N–H and O–H groups in total. The lowest BCUT2D eigenvalue weighted by Crippen LogP contribution is -2.21. The van der Waals surface area contributed by atoms with Gasteiger partial charge < -0.3 is 9.05 Å². The monoisotopic (exact) mass is 363 g/mol. The summed E-state index contributed by atoms with van der Waals surface area (Å²) in [4.78, 5) is 4.60. The molecule has 0 amide bonds. The molecular formula is C22H25N3O2. The SMILES string of the molecule is C=CCc1c(C)cc(-c2noc(-c3noc4c3CCC(C)(C)C4)n2)cc1C. The van der Waals surface area contributed by atoms with E-state index in [-0.39, 0.29) is 5.41 Å². The van der Waals surface area contributed by atoms with Crippen LogP contribution in [-0.4, -0.2) is 15.3 Å². The third-order valence-corrected chi connectivity index (χ3v) is 5.49. The lowest BCUT2D eigenvalue weighted by Gasteiger charge is -2.27. The van der Waals surface area contributed by atoms with Crippen molar-refractivity contribution in [2.75, 3.05) is 0 Å². The minimum absolute atomic E-state index is 0.242. The van der Waals surface area contributed by atoms with Crippen LogP contribution >= 0.6 is 0 Å². The average Bonchev–Trinajstić information content (AvgIpc) is 3.23. The van der Waals surface area contributed by atoms with Crippen molar-refractivity contribution in [3.63, 3.8) is 0 Å². The Morgan fingerprint density at radius 3 is 2.59 bits per heavy atom. The number of aryl methyl sites for hydroxylation is 2. The number of hydrogen-bond acceptors (Lipinski definition) is 5. The first-order valence-corrected chi connectivity index (χ1v) is 9.41. The molecule has 4 rings (SSSR count). The van der Waals surface area contributed by atoms with Crippen molar-refractivity contribution >= 4 is 0 Å². The molecule has 1 aliphatic carbocycles. The molecule has 0 aliphatic heterocycles. The molecule has 0 atom stereocenters. The van der Waals surface area contributed by atoms with Gasteiger partial charge >= 0.3 is 0 Å². The average molecular weight is 363 g/mol. The predicted octanol–water partition coefficient (Wildman–Crippen LogP) is 5.25. The van der Waals surface area contributed by atoms with Gasteiger partial charge in [0.05, 0.1) is 0 Å². The Hall–Kier alpha value is -2.69. The molecule has 5 heteroatoms. The van der Waals surface area contributed by atoms with Crippen molar-refractivity contribution in [1.29, 1.82) is 0 Å². The zero-order chi connectivity index (χ0) is 19.2. The molecule has 1 aromatic carbocycles. The van der Waals surface area contributed by atoms with E-state index in [1.807, 2.05) is 6.08 Å². The normalized spacial score (nSPS) is 15.6. The molecule has 0 unspecified atom stereocenters. The zero-order valence-electron chi connectivity index (χ0n) is 16.4. The van der Waals surface area contributed by atoms with Gasteiger partial charge in [-0.3, -0.25) is 0 Å². The summed E-state index contributed by atoms with van der Waals surface area (Å²) >= 11 is 0. The van der Waals surface area contributed by atoms with Gasteiger partial charge in [-0.05, 0) is 67.3 Å².